The van der Waals surface area contributed by atoms with Gasteiger partial charge in [-0.05, 0) is 17.2 Å². The van der Waals surface area contributed by atoms with Gasteiger partial charge in [-0.15, -0.1) is 9.20 Å². The van der Waals surface area contributed by atoms with E-state index in [1.54, 1.807) is 0 Å². The molecule has 7 atom stereocenters. The average Bonchev–Trinajstić information content (AvgIpc) is 3.35. The normalized spacial score (nSPS) is 29.6. The number of aromatic nitrogens is 2. The standard InChI is InChI=1S/C14H21N2O15P3/c17-10-9(6-27-32(22)30-34(25,26)31-33(23,24)29-21)28-12(11(10)18)8-5-16(7-3-1-2-4-7)14(20)15-13(8)19/h5,7,9-12,17-18H,1-4,6H2,(H3-,15,19,20,21,23,24,25,26)/p+1/t9-,10-,11-,12+/m1/s1. The Balaban J connectivity index is 1.66. The lowest BCUT2D eigenvalue weighted by Gasteiger charge is -2.18. The molecule has 3 rings (SSSR count). The second-order valence-corrected chi connectivity index (χ2v) is 11.5. The molecule has 0 radical (unpaired) electrons. The number of phosphoric acid groups is 2. The summed E-state index contributed by atoms with van der Waals surface area (Å²) in [5, 5.41) is 28.7. The molecule has 34 heavy (non-hydrogen) atoms. The predicted octanol–water partition coefficient (Wildman–Crippen LogP) is 0.211. The maximum Gasteiger partial charge on any atom is 0.708 e. The molecule has 1 aliphatic heterocycles. The van der Waals surface area contributed by atoms with E-state index in [0.717, 1.165) is 25.7 Å². The molecule has 0 bridgehead atoms. The molecule has 0 amide bonds. The van der Waals surface area contributed by atoms with Gasteiger partial charge in [0.2, 0.25) is 0 Å². The molecule has 0 spiro atoms. The van der Waals surface area contributed by atoms with Crippen LogP contribution in [-0.2, 0) is 36.3 Å². The number of hydrogen-bond donors (Lipinski definition) is 6. The first kappa shape index (κ1) is 27.4. The third-order valence-corrected chi connectivity index (χ3v) is 8.78. The van der Waals surface area contributed by atoms with Crippen molar-refractivity contribution in [3.05, 3.63) is 32.6 Å². The summed E-state index contributed by atoms with van der Waals surface area (Å²) in [5.41, 5.74) is -1.61. The molecule has 0 aromatic carbocycles. The van der Waals surface area contributed by atoms with Crippen molar-refractivity contribution >= 4 is 23.9 Å². The van der Waals surface area contributed by atoms with E-state index in [4.69, 9.17) is 14.9 Å². The number of nitrogens with one attached hydrogen (secondary N) is 1. The highest BCUT2D eigenvalue weighted by atomic mass is 31.3. The number of ether oxygens (including phenoxy) is 1. The van der Waals surface area contributed by atoms with Crippen molar-refractivity contribution in [2.45, 2.75) is 56.1 Å². The molecule has 1 aromatic rings. The minimum Gasteiger partial charge on any atom is -0.387 e. The minimum atomic E-state index is -5.50. The molecule has 1 aromatic heterocycles. The van der Waals surface area contributed by atoms with Crippen LogP contribution in [0.25, 0.3) is 0 Å². The van der Waals surface area contributed by atoms with Crippen LogP contribution in [-0.4, -0.2) is 59.7 Å². The molecule has 192 valence electrons. The lowest BCUT2D eigenvalue weighted by atomic mass is 10.0. The number of aromatic amines is 1. The van der Waals surface area contributed by atoms with Crippen LogP contribution < -0.4 is 11.2 Å². The number of nitrogens with zero attached hydrogens (tertiary/aromatic N) is 1. The largest absolute Gasteiger partial charge is 0.708 e. The Hall–Kier alpha value is -1.16. The Kier molecular flexibility index (Phi) is 8.75. The van der Waals surface area contributed by atoms with E-state index in [1.807, 2.05) is 0 Å². The van der Waals surface area contributed by atoms with Gasteiger partial charge in [0, 0.05) is 16.8 Å². The molecule has 2 aliphatic rings. The zero-order chi connectivity index (χ0) is 25.3. The molecule has 17 nitrogen and oxygen atoms in total. The fourth-order valence-electron chi connectivity index (χ4n) is 3.70. The Labute approximate surface area is 190 Å². The Morgan fingerprint density at radius 2 is 1.79 bits per heavy atom. The number of hydrogen-bond acceptors (Lipinski definition) is 13. The second kappa shape index (κ2) is 10.8. The topological polar surface area (TPSA) is 253 Å². The zero-order valence-corrected chi connectivity index (χ0v) is 19.8. The number of aliphatic hydroxyl groups excluding tert-OH is 2. The van der Waals surface area contributed by atoms with Crippen molar-refractivity contribution < 1.29 is 61.5 Å². The summed E-state index contributed by atoms with van der Waals surface area (Å²) < 4.78 is 56.1. The van der Waals surface area contributed by atoms with Crippen molar-refractivity contribution in [1.82, 2.24) is 9.55 Å². The van der Waals surface area contributed by atoms with E-state index in [2.05, 4.69) is 22.8 Å². The molecule has 6 N–H and O–H groups in total. The van der Waals surface area contributed by atoms with Gasteiger partial charge in [-0.1, -0.05) is 12.8 Å². The Morgan fingerprint density at radius 1 is 1.15 bits per heavy atom. The third kappa shape index (κ3) is 6.53. The zero-order valence-electron chi connectivity index (χ0n) is 17.1. The third-order valence-electron chi connectivity index (χ3n) is 5.21. The first-order chi connectivity index (χ1) is 15.8. The van der Waals surface area contributed by atoms with Gasteiger partial charge in [-0.2, -0.15) is 4.31 Å². The molecule has 1 saturated heterocycles. The predicted molar refractivity (Wildman–Crippen MR) is 108 cm³/mol. The smallest absolute Gasteiger partial charge is 0.387 e. The van der Waals surface area contributed by atoms with Crippen molar-refractivity contribution in [1.29, 1.82) is 0 Å². The van der Waals surface area contributed by atoms with Gasteiger partial charge in [0.25, 0.3) is 5.56 Å². The molecule has 1 aliphatic carbocycles. The second-order valence-electron chi connectivity index (χ2n) is 7.47. The van der Waals surface area contributed by atoms with Crippen molar-refractivity contribution in [3.63, 3.8) is 0 Å². The summed E-state index contributed by atoms with van der Waals surface area (Å²) in [6.07, 6.45) is -1.62. The monoisotopic (exact) mass is 551 g/mol. The lowest BCUT2D eigenvalue weighted by Crippen LogP contribution is -2.37. The van der Waals surface area contributed by atoms with E-state index >= 15 is 0 Å². The molecule has 3 unspecified atom stereocenters. The molecule has 20 heteroatoms. The fraction of sp³-hybridized carbons (Fsp3) is 0.714. The molecular formula is C14H22N2O15P3+. The molecule has 1 saturated carbocycles. The maximum atomic E-state index is 12.3. The van der Waals surface area contributed by atoms with Crippen LogP contribution in [0.4, 0.5) is 0 Å². The molecule has 2 heterocycles. The summed E-state index contributed by atoms with van der Waals surface area (Å²) in [6.45, 7) is -0.794. The van der Waals surface area contributed by atoms with E-state index < -0.39 is 66.2 Å². The van der Waals surface area contributed by atoms with Crippen LogP contribution in [0.5, 0.6) is 0 Å². The van der Waals surface area contributed by atoms with E-state index in [0.29, 0.717) is 0 Å². The molecular weight excluding hydrogens is 529 g/mol. The van der Waals surface area contributed by atoms with Crippen molar-refractivity contribution in [2.75, 3.05) is 6.61 Å². The van der Waals surface area contributed by atoms with Gasteiger partial charge >= 0.3 is 29.6 Å². The van der Waals surface area contributed by atoms with Crippen LogP contribution in [0, 0.1) is 0 Å². The van der Waals surface area contributed by atoms with E-state index in [1.165, 1.54) is 10.8 Å². The fourth-order valence-corrected chi connectivity index (χ4v) is 6.38. The minimum absolute atomic E-state index is 0.142. The van der Waals surface area contributed by atoms with Gasteiger partial charge < -0.3 is 19.8 Å². The van der Waals surface area contributed by atoms with Gasteiger partial charge in [-0.3, -0.25) is 19.2 Å². The quantitative estimate of drug-likeness (QED) is 0.129. The van der Waals surface area contributed by atoms with Crippen molar-refractivity contribution in [3.8, 4) is 0 Å². The van der Waals surface area contributed by atoms with Gasteiger partial charge in [0.05, 0.1) is 5.56 Å². The van der Waals surface area contributed by atoms with E-state index in [-0.39, 0.29) is 11.6 Å². The van der Waals surface area contributed by atoms with Crippen LogP contribution in [0.3, 0.4) is 0 Å². The highest BCUT2D eigenvalue weighted by molar-refractivity contribution is 7.64. The number of rotatable bonds is 10. The highest BCUT2D eigenvalue weighted by Crippen LogP contribution is 2.63. The SMILES string of the molecule is O=c1[nH]c(=O)n(C2CCCC2)cc1[C@@H]1O[C@H](CO[P+](=O)OP(=O)(O)OP(=O)(O)OO)[C@@H](O)[C@H]1O. The highest BCUT2D eigenvalue weighted by Gasteiger charge is 2.48. The average molecular weight is 551 g/mol. The summed E-state index contributed by atoms with van der Waals surface area (Å²) >= 11 is 0. The number of aliphatic hydroxyl groups is 2. The van der Waals surface area contributed by atoms with Crippen molar-refractivity contribution in [2.24, 2.45) is 0 Å². The van der Waals surface area contributed by atoms with Gasteiger partial charge in [0.1, 0.15) is 31.0 Å². The Morgan fingerprint density at radius 3 is 2.41 bits per heavy atom. The Bertz CT molecular complexity index is 1110. The first-order valence-corrected chi connectivity index (χ1v) is 13.8. The summed E-state index contributed by atoms with van der Waals surface area (Å²) in [7, 11) is -14.4. The van der Waals surface area contributed by atoms with Crippen LogP contribution >= 0.6 is 23.9 Å². The van der Waals surface area contributed by atoms with E-state index in [9.17, 15) is 38.4 Å². The van der Waals surface area contributed by atoms with Gasteiger partial charge in [-0.25, -0.2) is 19.2 Å². The summed E-state index contributed by atoms with van der Waals surface area (Å²) in [4.78, 5) is 44.7. The molecule has 2 fully saturated rings. The van der Waals surface area contributed by atoms with Gasteiger partial charge in [0.15, 0.2) is 0 Å². The van der Waals surface area contributed by atoms with Crippen LogP contribution in [0.2, 0.25) is 0 Å². The summed E-state index contributed by atoms with van der Waals surface area (Å²) in [5.74, 6) is 0. The summed E-state index contributed by atoms with van der Waals surface area (Å²) in [6, 6.07) is -0.145. The lowest BCUT2D eigenvalue weighted by molar-refractivity contribution is -0.157. The van der Waals surface area contributed by atoms with Crippen LogP contribution in [0.1, 0.15) is 43.4 Å². The van der Waals surface area contributed by atoms with Crippen LogP contribution in [0.15, 0.2) is 15.8 Å². The number of H-pyrrole nitrogens is 1. The first-order valence-electron chi connectivity index (χ1n) is 9.70. The maximum absolute atomic E-state index is 12.3.